The first kappa shape index (κ1) is 22.9. The molecule has 1 heterocycles. The van der Waals surface area contributed by atoms with E-state index in [2.05, 4.69) is 31.5 Å². The third kappa shape index (κ3) is 9.09. The van der Waals surface area contributed by atoms with Crippen LogP contribution in [0.1, 0.15) is 10.4 Å². The molecule has 0 aliphatic carbocycles. The molecule has 2 amide bonds. The fourth-order valence-corrected chi connectivity index (χ4v) is 2.88. The highest BCUT2D eigenvalue weighted by Crippen LogP contribution is 2.24. The number of nitrogens with zero attached hydrogens (tertiary/aromatic N) is 1. The van der Waals surface area contributed by atoms with Crippen molar-refractivity contribution in [3.8, 4) is 11.5 Å². The fraction of sp³-hybridized carbons (Fsp3) is 0.579. The molecular weight excluding hydrogens is 376 g/mol. The molecule has 0 spiro atoms. The number of aromatic hydroxyl groups is 2. The predicted octanol–water partition coefficient (Wildman–Crippen LogP) is -1.97. The molecule has 1 saturated heterocycles. The van der Waals surface area contributed by atoms with E-state index in [1.807, 2.05) is 0 Å². The molecule has 0 atom stereocenters. The molecule has 0 bridgehead atoms. The molecule has 7 N–H and O–H groups in total. The van der Waals surface area contributed by atoms with Crippen LogP contribution in [0, 0.1) is 0 Å². The summed E-state index contributed by atoms with van der Waals surface area (Å²) in [5.74, 6) is -1.10. The van der Waals surface area contributed by atoms with Crippen molar-refractivity contribution in [2.45, 2.75) is 0 Å². The maximum Gasteiger partial charge on any atom is 0.251 e. The Morgan fingerprint density at radius 2 is 1.45 bits per heavy atom. The van der Waals surface area contributed by atoms with Gasteiger partial charge in [0.1, 0.15) is 0 Å². The number of hydrogen-bond acceptors (Lipinski definition) is 8. The molecule has 1 aromatic carbocycles. The van der Waals surface area contributed by atoms with Gasteiger partial charge in [-0.25, -0.2) is 0 Å². The van der Waals surface area contributed by atoms with E-state index in [1.54, 1.807) is 0 Å². The topological polar surface area (TPSA) is 138 Å². The Morgan fingerprint density at radius 3 is 2.07 bits per heavy atom. The van der Waals surface area contributed by atoms with E-state index in [1.165, 1.54) is 18.2 Å². The zero-order chi connectivity index (χ0) is 20.9. The lowest BCUT2D eigenvalue weighted by Gasteiger charge is -2.23. The van der Waals surface area contributed by atoms with Crippen molar-refractivity contribution in [2.24, 2.45) is 0 Å². The Morgan fingerprint density at radius 1 is 0.862 bits per heavy atom. The van der Waals surface area contributed by atoms with Gasteiger partial charge in [0.25, 0.3) is 5.91 Å². The van der Waals surface area contributed by atoms with Gasteiger partial charge in [-0.1, -0.05) is 0 Å². The van der Waals surface area contributed by atoms with Gasteiger partial charge in [-0.15, -0.1) is 0 Å². The van der Waals surface area contributed by atoms with E-state index in [0.717, 1.165) is 52.4 Å². The minimum absolute atomic E-state index is 0.0877. The molecule has 1 aliphatic rings. The van der Waals surface area contributed by atoms with Crippen molar-refractivity contribution in [2.75, 3.05) is 72.0 Å². The van der Waals surface area contributed by atoms with Gasteiger partial charge in [-0.05, 0) is 18.2 Å². The van der Waals surface area contributed by atoms with Gasteiger partial charge >= 0.3 is 0 Å². The predicted molar refractivity (Wildman–Crippen MR) is 110 cm³/mol. The number of carbonyl (C=O) groups is 2. The van der Waals surface area contributed by atoms with Crippen LogP contribution in [0.25, 0.3) is 0 Å². The normalized spacial score (nSPS) is 17.0. The number of carbonyl (C=O) groups excluding carboxylic acids is 2. The number of benzene rings is 1. The van der Waals surface area contributed by atoms with E-state index in [4.69, 9.17) is 0 Å². The Bertz CT molecular complexity index is 646. The van der Waals surface area contributed by atoms with E-state index in [0.29, 0.717) is 13.1 Å². The summed E-state index contributed by atoms with van der Waals surface area (Å²) in [6.07, 6.45) is 0. The van der Waals surface area contributed by atoms with E-state index in [-0.39, 0.29) is 35.4 Å². The maximum absolute atomic E-state index is 12.2. The molecule has 2 rings (SSSR count). The molecule has 10 heteroatoms. The quantitative estimate of drug-likeness (QED) is 0.213. The second kappa shape index (κ2) is 12.9. The molecule has 0 saturated carbocycles. The molecule has 29 heavy (non-hydrogen) atoms. The number of phenolic OH excluding ortho intramolecular Hbond substituents is 2. The minimum Gasteiger partial charge on any atom is -0.504 e. The third-order valence-corrected chi connectivity index (χ3v) is 4.50. The summed E-state index contributed by atoms with van der Waals surface area (Å²) >= 11 is 0. The van der Waals surface area contributed by atoms with Crippen LogP contribution in [-0.4, -0.2) is 98.9 Å². The summed E-state index contributed by atoms with van der Waals surface area (Å²) in [7, 11) is 0. The molecule has 10 nitrogen and oxygen atoms in total. The lowest BCUT2D eigenvalue weighted by Crippen LogP contribution is -2.46. The lowest BCUT2D eigenvalue weighted by atomic mass is 10.2. The summed E-state index contributed by atoms with van der Waals surface area (Å²) < 4.78 is 0. The Labute approximate surface area is 171 Å². The number of hydrogen-bond donors (Lipinski definition) is 7. The monoisotopic (exact) mass is 408 g/mol. The minimum atomic E-state index is -0.385. The zero-order valence-corrected chi connectivity index (χ0v) is 16.7. The highest BCUT2D eigenvalue weighted by molar-refractivity contribution is 5.94. The molecule has 162 valence electrons. The first-order chi connectivity index (χ1) is 14.1. The smallest absolute Gasteiger partial charge is 0.251 e. The molecule has 0 unspecified atom stereocenters. The van der Waals surface area contributed by atoms with Crippen LogP contribution in [0.3, 0.4) is 0 Å². The van der Waals surface area contributed by atoms with Crippen molar-refractivity contribution < 1.29 is 19.8 Å². The van der Waals surface area contributed by atoms with Crippen molar-refractivity contribution in [1.82, 2.24) is 31.5 Å². The number of phenols is 2. The maximum atomic E-state index is 12.2. The van der Waals surface area contributed by atoms with Crippen molar-refractivity contribution in [3.05, 3.63) is 23.8 Å². The van der Waals surface area contributed by atoms with Gasteiger partial charge in [0.2, 0.25) is 5.91 Å². The number of nitrogens with one attached hydrogen (secondary N) is 5. The van der Waals surface area contributed by atoms with Gasteiger partial charge in [0.15, 0.2) is 11.5 Å². The van der Waals surface area contributed by atoms with Crippen molar-refractivity contribution >= 4 is 11.8 Å². The van der Waals surface area contributed by atoms with Crippen LogP contribution in [0.2, 0.25) is 0 Å². The summed E-state index contributed by atoms with van der Waals surface area (Å²) in [4.78, 5) is 26.3. The number of amides is 2. The summed E-state index contributed by atoms with van der Waals surface area (Å²) in [6, 6.07) is 3.86. The molecular formula is C19H32N6O4. The SMILES string of the molecule is O=C(CN1CCNCCNCCNCC1)NCCNC(=O)c1ccc(O)c(O)c1. The van der Waals surface area contributed by atoms with Crippen LogP contribution in [0.5, 0.6) is 11.5 Å². The first-order valence-corrected chi connectivity index (χ1v) is 9.97. The summed E-state index contributed by atoms with van der Waals surface area (Å²) in [6.45, 7) is 7.77. The second-order valence-electron chi connectivity index (χ2n) is 6.84. The van der Waals surface area contributed by atoms with Gasteiger partial charge in [-0.3, -0.25) is 14.5 Å². The van der Waals surface area contributed by atoms with Crippen molar-refractivity contribution in [1.29, 1.82) is 0 Å². The van der Waals surface area contributed by atoms with Crippen molar-refractivity contribution in [3.63, 3.8) is 0 Å². The second-order valence-corrected chi connectivity index (χ2v) is 6.84. The van der Waals surface area contributed by atoms with Gasteiger partial charge in [-0.2, -0.15) is 0 Å². The highest BCUT2D eigenvalue weighted by Gasteiger charge is 2.11. The van der Waals surface area contributed by atoms with Gasteiger partial charge < -0.3 is 36.8 Å². The van der Waals surface area contributed by atoms with Crippen LogP contribution in [0.15, 0.2) is 18.2 Å². The first-order valence-electron chi connectivity index (χ1n) is 9.97. The molecule has 0 radical (unpaired) electrons. The Kier molecular flexibility index (Phi) is 10.2. The zero-order valence-electron chi connectivity index (χ0n) is 16.7. The average molecular weight is 409 g/mol. The van der Waals surface area contributed by atoms with Gasteiger partial charge in [0, 0.05) is 71.0 Å². The number of rotatable bonds is 6. The molecule has 0 aromatic heterocycles. The van der Waals surface area contributed by atoms with Crippen LogP contribution >= 0.6 is 0 Å². The molecule has 1 aromatic rings. The van der Waals surface area contributed by atoms with E-state index in [9.17, 15) is 19.8 Å². The third-order valence-electron chi connectivity index (χ3n) is 4.50. The van der Waals surface area contributed by atoms with Crippen LogP contribution in [-0.2, 0) is 4.79 Å². The largest absolute Gasteiger partial charge is 0.504 e. The van der Waals surface area contributed by atoms with E-state index < -0.39 is 0 Å². The summed E-state index contributed by atoms with van der Waals surface area (Å²) in [5.41, 5.74) is 0.237. The van der Waals surface area contributed by atoms with Crippen LogP contribution in [0.4, 0.5) is 0 Å². The lowest BCUT2D eigenvalue weighted by molar-refractivity contribution is -0.122. The molecule has 1 aliphatic heterocycles. The average Bonchev–Trinajstić information content (AvgIpc) is 2.69. The van der Waals surface area contributed by atoms with Gasteiger partial charge in [0.05, 0.1) is 6.54 Å². The fourth-order valence-electron chi connectivity index (χ4n) is 2.88. The molecule has 1 fully saturated rings. The standard InChI is InChI=1S/C19H32N6O4/c26-16-2-1-15(13-17(16)27)19(29)24-8-7-23-18(28)14-25-11-9-21-5-3-20-4-6-22-10-12-25/h1-2,13,20-22,26-27H,3-12,14H2,(H,23,28)(H,24,29). The summed E-state index contributed by atoms with van der Waals surface area (Å²) in [5, 5.41) is 34.3. The Hall–Kier alpha value is -2.40. The Balaban J connectivity index is 1.66. The van der Waals surface area contributed by atoms with Crippen LogP contribution < -0.4 is 26.6 Å². The highest BCUT2D eigenvalue weighted by atomic mass is 16.3. The van der Waals surface area contributed by atoms with E-state index >= 15 is 0 Å².